The van der Waals surface area contributed by atoms with Gasteiger partial charge in [-0.2, -0.15) is 5.26 Å². The number of hydrogen-bond acceptors (Lipinski definition) is 3. The van der Waals surface area contributed by atoms with Gasteiger partial charge in [0.1, 0.15) is 11.9 Å². The standard InChI is InChI=1S/C15H21FN2O/c1-4-13(5-2)18(8-9-19-3)14-7-6-12(11-17)15(16)10-14/h6-7,10,13H,4-5,8-9H2,1-3H3. The second-order valence-electron chi connectivity index (χ2n) is 4.43. The van der Waals surface area contributed by atoms with Crippen molar-refractivity contribution in [2.45, 2.75) is 32.7 Å². The monoisotopic (exact) mass is 264 g/mol. The van der Waals surface area contributed by atoms with Gasteiger partial charge in [0.25, 0.3) is 0 Å². The second-order valence-corrected chi connectivity index (χ2v) is 4.43. The molecular formula is C15H21FN2O. The van der Waals surface area contributed by atoms with E-state index in [-0.39, 0.29) is 5.56 Å². The van der Waals surface area contributed by atoms with Crippen LogP contribution in [0.5, 0.6) is 0 Å². The molecule has 19 heavy (non-hydrogen) atoms. The van der Waals surface area contributed by atoms with E-state index in [1.54, 1.807) is 13.2 Å². The number of nitriles is 1. The molecule has 0 aliphatic carbocycles. The summed E-state index contributed by atoms with van der Waals surface area (Å²) in [5.41, 5.74) is 0.891. The molecule has 0 bridgehead atoms. The van der Waals surface area contributed by atoms with Crippen molar-refractivity contribution in [1.82, 2.24) is 0 Å². The summed E-state index contributed by atoms with van der Waals surface area (Å²) in [6, 6.07) is 6.97. The summed E-state index contributed by atoms with van der Waals surface area (Å²) >= 11 is 0. The summed E-state index contributed by atoms with van der Waals surface area (Å²) in [4.78, 5) is 2.15. The van der Waals surface area contributed by atoms with Gasteiger partial charge in [0.15, 0.2) is 0 Å². The van der Waals surface area contributed by atoms with Crippen LogP contribution in [0.15, 0.2) is 18.2 Å². The van der Waals surface area contributed by atoms with Crippen molar-refractivity contribution >= 4 is 5.69 Å². The lowest BCUT2D eigenvalue weighted by Crippen LogP contribution is -2.37. The normalized spacial score (nSPS) is 10.5. The quantitative estimate of drug-likeness (QED) is 0.758. The highest BCUT2D eigenvalue weighted by atomic mass is 19.1. The lowest BCUT2D eigenvalue weighted by Gasteiger charge is -2.32. The fraction of sp³-hybridized carbons (Fsp3) is 0.533. The first-order valence-corrected chi connectivity index (χ1v) is 6.63. The van der Waals surface area contributed by atoms with Gasteiger partial charge in [-0.1, -0.05) is 13.8 Å². The van der Waals surface area contributed by atoms with Crippen LogP contribution in [0.4, 0.5) is 10.1 Å². The topological polar surface area (TPSA) is 36.3 Å². The van der Waals surface area contributed by atoms with Crippen molar-refractivity contribution in [2.75, 3.05) is 25.2 Å². The Morgan fingerprint density at radius 1 is 1.37 bits per heavy atom. The third kappa shape index (κ3) is 3.93. The van der Waals surface area contributed by atoms with Crippen LogP contribution in [0, 0.1) is 17.1 Å². The minimum Gasteiger partial charge on any atom is -0.383 e. The van der Waals surface area contributed by atoms with Crippen LogP contribution in [0.25, 0.3) is 0 Å². The largest absolute Gasteiger partial charge is 0.383 e. The number of ether oxygens (including phenoxy) is 1. The Morgan fingerprint density at radius 3 is 2.53 bits per heavy atom. The molecule has 0 aliphatic rings. The van der Waals surface area contributed by atoms with E-state index in [1.165, 1.54) is 12.1 Å². The highest BCUT2D eigenvalue weighted by Crippen LogP contribution is 2.22. The number of hydrogen-bond donors (Lipinski definition) is 0. The Balaban J connectivity index is 3.03. The Morgan fingerprint density at radius 2 is 2.05 bits per heavy atom. The van der Waals surface area contributed by atoms with Gasteiger partial charge in [0.2, 0.25) is 0 Å². The number of anilines is 1. The molecule has 1 rings (SSSR count). The lowest BCUT2D eigenvalue weighted by atomic mass is 10.1. The summed E-state index contributed by atoms with van der Waals surface area (Å²) in [7, 11) is 1.66. The molecule has 104 valence electrons. The molecule has 0 unspecified atom stereocenters. The Hall–Kier alpha value is -1.60. The first-order chi connectivity index (χ1) is 9.17. The van der Waals surface area contributed by atoms with E-state index < -0.39 is 5.82 Å². The van der Waals surface area contributed by atoms with Crippen LogP contribution in [-0.2, 0) is 4.74 Å². The molecule has 0 heterocycles. The van der Waals surface area contributed by atoms with Crippen molar-refractivity contribution in [3.8, 4) is 6.07 Å². The molecule has 0 aromatic heterocycles. The number of benzene rings is 1. The van der Waals surface area contributed by atoms with Crippen LogP contribution in [0.2, 0.25) is 0 Å². The van der Waals surface area contributed by atoms with Crippen LogP contribution < -0.4 is 4.90 Å². The number of rotatable bonds is 7. The second kappa shape index (κ2) is 7.75. The molecule has 0 N–H and O–H groups in total. The van der Waals surface area contributed by atoms with Crippen molar-refractivity contribution in [3.63, 3.8) is 0 Å². The molecule has 0 atom stereocenters. The number of nitrogens with zero attached hydrogens (tertiary/aromatic N) is 2. The molecular weight excluding hydrogens is 243 g/mol. The fourth-order valence-corrected chi connectivity index (χ4v) is 2.21. The van der Waals surface area contributed by atoms with E-state index in [1.807, 2.05) is 6.07 Å². The van der Waals surface area contributed by atoms with Crippen molar-refractivity contribution < 1.29 is 9.13 Å². The summed E-state index contributed by atoms with van der Waals surface area (Å²) < 4.78 is 18.8. The van der Waals surface area contributed by atoms with Gasteiger partial charge < -0.3 is 9.64 Å². The highest BCUT2D eigenvalue weighted by molar-refractivity contribution is 5.51. The van der Waals surface area contributed by atoms with Crippen molar-refractivity contribution in [1.29, 1.82) is 5.26 Å². The molecule has 0 spiro atoms. The summed E-state index contributed by atoms with van der Waals surface area (Å²) in [6.07, 6.45) is 1.98. The smallest absolute Gasteiger partial charge is 0.143 e. The van der Waals surface area contributed by atoms with Crippen LogP contribution in [0.1, 0.15) is 32.3 Å². The predicted molar refractivity (Wildman–Crippen MR) is 74.7 cm³/mol. The van der Waals surface area contributed by atoms with Gasteiger partial charge in [-0.05, 0) is 31.0 Å². The molecule has 0 amide bonds. The van der Waals surface area contributed by atoms with Gasteiger partial charge in [0.05, 0.1) is 12.2 Å². The molecule has 0 saturated heterocycles. The number of halogens is 1. The van der Waals surface area contributed by atoms with Gasteiger partial charge in [0, 0.05) is 25.4 Å². The molecule has 3 nitrogen and oxygen atoms in total. The van der Waals surface area contributed by atoms with E-state index in [0.29, 0.717) is 19.2 Å². The summed E-state index contributed by atoms with van der Waals surface area (Å²) in [5.74, 6) is -0.464. The molecule has 0 radical (unpaired) electrons. The molecule has 0 saturated carbocycles. The van der Waals surface area contributed by atoms with E-state index in [2.05, 4.69) is 18.7 Å². The lowest BCUT2D eigenvalue weighted by molar-refractivity contribution is 0.202. The van der Waals surface area contributed by atoms with Crippen molar-refractivity contribution in [2.24, 2.45) is 0 Å². The minimum absolute atomic E-state index is 0.0833. The summed E-state index contributed by atoms with van der Waals surface area (Å²) in [6.45, 7) is 5.55. The molecule has 0 fully saturated rings. The average molecular weight is 264 g/mol. The maximum Gasteiger partial charge on any atom is 0.143 e. The first kappa shape index (κ1) is 15.5. The molecule has 1 aromatic carbocycles. The highest BCUT2D eigenvalue weighted by Gasteiger charge is 2.16. The predicted octanol–water partition coefficient (Wildman–Crippen LogP) is 3.34. The first-order valence-electron chi connectivity index (χ1n) is 6.63. The zero-order valence-electron chi connectivity index (χ0n) is 11.8. The number of methoxy groups -OCH3 is 1. The third-order valence-electron chi connectivity index (χ3n) is 3.32. The van der Waals surface area contributed by atoms with Crippen LogP contribution >= 0.6 is 0 Å². The third-order valence-corrected chi connectivity index (χ3v) is 3.32. The van der Waals surface area contributed by atoms with Crippen LogP contribution in [0.3, 0.4) is 0 Å². The van der Waals surface area contributed by atoms with E-state index in [0.717, 1.165) is 18.5 Å². The van der Waals surface area contributed by atoms with Gasteiger partial charge in [-0.25, -0.2) is 4.39 Å². The Labute approximate surface area is 114 Å². The van der Waals surface area contributed by atoms with Gasteiger partial charge in [-0.15, -0.1) is 0 Å². The average Bonchev–Trinajstić information content (AvgIpc) is 2.43. The van der Waals surface area contributed by atoms with Crippen LogP contribution in [-0.4, -0.2) is 26.3 Å². The minimum atomic E-state index is -0.464. The van der Waals surface area contributed by atoms with Crippen molar-refractivity contribution in [3.05, 3.63) is 29.6 Å². The molecule has 0 aliphatic heterocycles. The van der Waals surface area contributed by atoms with E-state index in [4.69, 9.17) is 10.00 Å². The van der Waals surface area contributed by atoms with E-state index in [9.17, 15) is 4.39 Å². The maximum atomic E-state index is 13.7. The Kier molecular flexibility index (Phi) is 6.31. The maximum absolute atomic E-state index is 13.7. The molecule has 4 heteroatoms. The zero-order valence-corrected chi connectivity index (χ0v) is 11.8. The van der Waals surface area contributed by atoms with Gasteiger partial charge >= 0.3 is 0 Å². The molecule has 1 aromatic rings. The zero-order chi connectivity index (χ0) is 14.3. The fourth-order valence-electron chi connectivity index (χ4n) is 2.21. The SMILES string of the molecule is CCC(CC)N(CCOC)c1ccc(C#N)c(F)c1. The van der Waals surface area contributed by atoms with E-state index >= 15 is 0 Å². The van der Waals surface area contributed by atoms with Gasteiger partial charge in [-0.3, -0.25) is 0 Å². The Bertz CT molecular complexity index is 438. The summed E-state index contributed by atoms with van der Waals surface area (Å²) in [5, 5.41) is 8.77.